The van der Waals surface area contributed by atoms with E-state index in [1.54, 1.807) is 6.20 Å². The molecule has 1 aliphatic heterocycles. The number of hydrogen-bond acceptors (Lipinski definition) is 2. The van der Waals surface area contributed by atoms with E-state index in [4.69, 9.17) is 16.4 Å². The third kappa shape index (κ3) is 1.05. The number of hydroxylamine groups is 1. The predicted molar refractivity (Wildman–Crippen MR) is 44.0 cm³/mol. The number of nitrogens with one attached hydrogen (secondary N) is 1. The molecule has 1 N–H and O–H groups in total. The van der Waals surface area contributed by atoms with Gasteiger partial charge in [-0.15, -0.1) is 0 Å². The third-order valence-electron chi connectivity index (χ3n) is 1.50. The Balaban J connectivity index is 2.56. The molecule has 0 saturated heterocycles. The van der Waals surface area contributed by atoms with Crippen LogP contribution in [0.1, 0.15) is 5.56 Å². The van der Waals surface area contributed by atoms with Crippen LogP contribution in [0.4, 0.5) is 0 Å². The number of halogens is 1. The van der Waals surface area contributed by atoms with E-state index in [1.165, 1.54) is 0 Å². The second-order valence-electron chi connectivity index (χ2n) is 2.21. The van der Waals surface area contributed by atoms with Crippen LogP contribution in [0.15, 0.2) is 30.5 Å². The Morgan fingerprint density at radius 2 is 2.09 bits per heavy atom. The smallest absolute Gasteiger partial charge is 0.163 e. The van der Waals surface area contributed by atoms with Gasteiger partial charge in [-0.2, -0.15) is 0 Å². The Morgan fingerprint density at radius 3 is 2.91 bits per heavy atom. The van der Waals surface area contributed by atoms with Crippen LogP contribution in [-0.4, -0.2) is 0 Å². The average molecular weight is 168 g/mol. The predicted octanol–water partition coefficient (Wildman–Crippen LogP) is 2.12. The lowest BCUT2D eigenvalue weighted by atomic mass is 10.2. The third-order valence-corrected chi connectivity index (χ3v) is 1.81. The van der Waals surface area contributed by atoms with E-state index in [0.717, 1.165) is 11.3 Å². The molecule has 0 atom stereocenters. The second kappa shape index (κ2) is 2.47. The molecular weight excluding hydrogens is 162 g/mol. The lowest BCUT2D eigenvalue weighted by Crippen LogP contribution is -2.15. The zero-order valence-electron chi connectivity index (χ0n) is 5.67. The van der Waals surface area contributed by atoms with E-state index in [-0.39, 0.29) is 0 Å². The van der Waals surface area contributed by atoms with Crippen molar-refractivity contribution in [1.82, 2.24) is 5.48 Å². The second-order valence-corrected chi connectivity index (χ2v) is 2.62. The van der Waals surface area contributed by atoms with Crippen molar-refractivity contribution < 1.29 is 4.84 Å². The van der Waals surface area contributed by atoms with Gasteiger partial charge >= 0.3 is 0 Å². The molecule has 56 valence electrons. The van der Waals surface area contributed by atoms with Gasteiger partial charge in [0, 0.05) is 5.56 Å². The topological polar surface area (TPSA) is 21.3 Å². The van der Waals surface area contributed by atoms with Gasteiger partial charge in [0.15, 0.2) is 5.75 Å². The molecule has 0 bridgehead atoms. The van der Waals surface area contributed by atoms with E-state index in [1.807, 2.05) is 24.3 Å². The molecule has 0 saturated carbocycles. The van der Waals surface area contributed by atoms with Gasteiger partial charge < -0.3 is 4.84 Å². The molecule has 0 radical (unpaired) electrons. The van der Waals surface area contributed by atoms with Crippen LogP contribution >= 0.6 is 11.6 Å². The molecule has 3 heteroatoms. The quantitative estimate of drug-likeness (QED) is 0.639. The van der Waals surface area contributed by atoms with E-state index in [0.29, 0.717) is 5.03 Å². The van der Waals surface area contributed by atoms with E-state index in [9.17, 15) is 0 Å². The minimum Gasteiger partial charge on any atom is -0.382 e. The fourth-order valence-corrected chi connectivity index (χ4v) is 1.18. The first-order valence-corrected chi connectivity index (χ1v) is 3.63. The number of hydrogen-bond donors (Lipinski definition) is 1. The minimum atomic E-state index is 0.673. The number of fused-ring (bicyclic) bond motifs is 1. The Hall–Kier alpha value is -1.15. The maximum absolute atomic E-state index is 5.87. The molecule has 1 heterocycles. The summed E-state index contributed by atoms with van der Waals surface area (Å²) in [6.45, 7) is 0. The van der Waals surface area contributed by atoms with Crippen molar-refractivity contribution in [2.45, 2.75) is 0 Å². The zero-order valence-corrected chi connectivity index (χ0v) is 6.43. The molecule has 0 amide bonds. The summed E-state index contributed by atoms with van der Waals surface area (Å²) in [5.74, 6) is 0.764. The Morgan fingerprint density at radius 1 is 1.27 bits per heavy atom. The van der Waals surface area contributed by atoms with Crippen LogP contribution in [-0.2, 0) is 0 Å². The van der Waals surface area contributed by atoms with Crippen molar-refractivity contribution in [2.24, 2.45) is 0 Å². The molecule has 2 nitrogen and oxygen atoms in total. The molecule has 0 unspecified atom stereocenters. The first kappa shape index (κ1) is 6.55. The summed E-state index contributed by atoms with van der Waals surface area (Å²) in [4.78, 5) is 5.08. The number of para-hydroxylation sites is 1. The van der Waals surface area contributed by atoms with Gasteiger partial charge in [0.25, 0.3) is 0 Å². The van der Waals surface area contributed by atoms with Crippen LogP contribution in [0.25, 0.3) is 5.03 Å². The lowest BCUT2D eigenvalue weighted by molar-refractivity contribution is 0.239. The highest BCUT2D eigenvalue weighted by Crippen LogP contribution is 2.29. The molecule has 1 aromatic carbocycles. The fourth-order valence-electron chi connectivity index (χ4n) is 0.975. The van der Waals surface area contributed by atoms with Gasteiger partial charge in [-0.3, -0.25) is 0 Å². The van der Waals surface area contributed by atoms with Crippen molar-refractivity contribution in [3.8, 4) is 5.75 Å². The normalized spacial score (nSPS) is 14.1. The van der Waals surface area contributed by atoms with E-state index < -0.39 is 0 Å². The van der Waals surface area contributed by atoms with Gasteiger partial charge in [-0.05, 0) is 12.1 Å². The van der Waals surface area contributed by atoms with Crippen LogP contribution in [0.5, 0.6) is 5.75 Å². The van der Waals surface area contributed by atoms with Gasteiger partial charge in [0.2, 0.25) is 0 Å². The highest BCUT2D eigenvalue weighted by molar-refractivity contribution is 6.49. The van der Waals surface area contributed by atoms with Crippen molar-refractivity contribution in [3.63, 3.8) is 0 Å². The molecule has 0 aliphatic carbocycles. The summed E-state index contributed by atoms with van der Waals surface area (Å²) in [6, 6.07) is 7.59. The monoisotopic (exact) mass is 167 g/mol. The molecule has 1 aliphatic rings. The Labute approximate surface area is 69.4 Å². The van der Waals surface area contributed by atoms with E-state index >= 15 is 0 Å². The zero-order chi connectivity index (χ0) is 7.68. The van der Waals surface area contributed by atoms with E-state index in [2.05, 4.69) is 5.48 Å². The highest BCUT2D eigenvalue weighted by atomic mass is 35.5. The Bertz CT molecular complexity index is 309. The van der Waals surface area contributed by atoms with Gasteiger partial charge in [0.1, 0.15) is 0 Å². The lowest BCUT2D eigenvalue weighted by Gasteiger charge is -2.14. The SMILES string of the molecule is ClC1=CNOc2ccccc21. The van der Waals surface area contributed by atoms with Crippen LogP contribution in [0, 0.1) is 0 Å². The molecule has 0 aromatic heterocycles. The molecule has 2 rings (SSSR count). The summed E-state index contributed by atoms with van der Waals surface area (Å²) in [7, 11) is 0. The molecule has 0 spiro atoms. The summed E-state index contributed by atoms with van der Waals surface area (Å²) in [6.07, 6.45) is 1.61. The highest BCUT2D eigenvalue weighted by Gasteiger charge is 2.09. The molecule has 0 fully saturated rings. The van der Waals surface area contributed by atoms with Crippen molar-refractivity contribution in [3.05, 3.63) is 36.0 Å². The number of benzene rings is 1. The molecular formula is C8H6ClNO. The number of rotatable bonds is 0. The van der Waals surface area contributed by atoms with Gasteiger partial charge in [-0.25, -0.2) is 5.48 Å². The molecule has 1 aromatic rings. The van der Waals surface area contributed by atoms with Gasteiger partial charge in [0.05, 0.1) is 11.2 Å². The summed E-state index contributed by atoms with van der Waals surface area (Å²) in [5.41, 5.74) is 3.52. The summed E-state index contributed by atoms with van der Waals surface area (Å²) >= 11 is 5.87. The summed E-state index contributed by atoms with van der Waals surface area (Å²) in [5, 5.41) is 0.673. The maximum Gasteiger partial charge on any atom is 0.163 e. The average Bonchev–Trinajstić information content (AvgIpc) is 2.06. The van der Waals surface area contributed by atoms with Crippen molar-refractivity contribution >= 4 is 16.6 Å². The van der Waals surface area contributed by atoms with Crippen LogP contribution < -0.4 is 10.3 Å². The summed E-state index contributed by atoms with van der Waals surface area (Å²) < 4.78 is 0. The van der Waals surface area contributed by atoms with Gasteiger partial charge in [-0.1, -0.05) is 23.7 Å². The fraction of sp³-hybridized carbons (Fsp3) is 0. The first-order valence-electron chi connectivity index (χ1n) is 3.25. The first-order chi connectivity index (χ1) is 5.38. The van der Waals surface area contributed by atoms with Crippen molar-refractivity contribution in [2.75, 3.05) is 0 Å². The van der Waals surface area contributed by atoms with Crippen LogP contribution in [0.2, 0.25) is 0 Å². The Kier molecular flexibility index (Phi) is 1.47. The molecule has 11 heavy (non-hydrogen) atoms. The van der Waals surface area contributed by atoms with Crippen LogP contribution in [0.3, 0.4) is 0 Å². The van der Waals surface area contributed by atoms with Crippen molar-refractivity contribution in [1.29, 1.82) is 0 Å². The largest absolute Gasteiger partial charge is 0.382 e. The minimum absolute atomic E-state index is 0.673. The standard InChI is InChI=1S/C8H6ClNO/c9-7-5-10-11-8-4-2-1-3-6(7)8/h1-5,10H. The maximum atomic E-state index is 5.87.